The van der Waals surface area contributed by atoms with Crippen molar-refractivity contribution in [2.45, 2.75) is 0 Å². The van der Waals surface area contributed by atoms with E-state index in [1.54, 1.807) is 23.9 Å². The molecule has 102 valence electrons. The summed E-state index contributed by atoms with van der Waals surface area (Å²) >= 11 is 12.1. The zero-order valence-corrected chi connectivity index (χ0v) is 12.1. The van der Waals surface area contributed by atoms with Gasteiger partial charge in [0.1, 0.15) is 11.5 Å². The van der Waals surface area contributed by atoms with Crippen LogP contribution in [0.5, 0.6) is 0 Å². The summed E-state index contributed by atoms with van der Waals surface area (Å²) in [6, 6.07) is 10.9. The van der Waals surface area contributed by atoms with E-state index in [0.717, 1.165) is 11.1 Å². The molecule has 0 saturated carbocycles. The SMILES string of the molecule is Cn1nc(-c2ccc(Cl)o2)c(-c2ccccc2Cl)c1N. The third-order valence-corrected chi connectivity index (χ3v) is 3.57. The summed E-state index contributed by atoms with van der Waals surface area (Å²) in [4.78, 5) is 0. The Kier molecular flexibility index (Phi) is 3.20. The van der Waals surface area contributed by atoms with Crippen LogP contribution >= 0.6 is 23.2 Å². The van der Waals surface area contributed by atoms with Gasteiger partial charge < -0.3 is 10.2 Å². The second-order valence-electron chi connectivity index (χ2n) is 4.32. The minimum absolute atomic E-state index is 0.300. The lowest BCUT2D eigenvalue weighted by Gasteiger charge is -2.05. The van der Waals surface area contributed by atoms with Gasteiger partial charge in [0, 0.05) is 17.6 Å². The number of rotatable bonds is 2. The molecular weight excluding hydrogens is 297 g/mol. The van der Waals surface area contributed by atoms with Crippen molar-refractivity contribution in [1.82, 2.24) is 9.78 Å². The minimum atomic E-state index is 0.300. The van der Waals surface area contributed by atoms with Gasteiger partial charge in [-0.15, -0.1) is 0 Å². The molecule has 0 spiro atoms. The van der Waals surface area contributed by atoms with Gasteiger partial charge in [-0.3, -0.25) is 4.68 Å². The van der Waals surface area contributed by atoms with Gasteiger partial charge in [-0.25, -0.2) is 0 Å². The minimum Gasteiger partial charge on any atom is -0.443 e. The van der Waals surface area contributed by atoms with Crippen molar-refractivity contribution in [3.8, 4) is 22.6 Å². The van der Waals surface area contributed by atoms with Crippen molar-refractivity contribution in [3.63, 3.8) is 0 Å². The number of hydrogen-bond acceptors (Lipinski definition) is 3. The summed E-state index contributed by atoms with van der Waals surface area (Å²) in [5, 5.41) is 5.30. The van der Waals surface area contributed by atoms with Crippen molar-refractivity contribution >= 4 is 29.0 Å². The van der Waals surface area contributed by atoms with Crippen LogP contribution in [0.3, 0.4) is 0 Å². The fraction of sp³-hybridized carbons (Fsp3) is 0.0714. The maximum atomic E-state index is 6.26. The molecule has 2 heterocycles. The van der Waals surface area contributed by atoms with Crippen molar-refractivity contribution in [2.24, 2.45) is 7.05 Å². The number of aryl methyl sites for hydroxylation is 1. The quantitative estimate of drug-likeness (QED) is 0.770. The summed E-state index contributed by atoms with van der Waals surface area (Å²) in [6.07, 6.45) is 0. The van der Waals surface area contributed by atoms with E-state index in [-0.39, 0.29) is 0 Å². The second kappa shape index (κ2) is 4.89. The Labute approximate surface area is 125 Å². The first kappa shape index (κ1) is 13.1. The third-order valence-electron chi connectivity index (χ3n) is 3.04. The summed E-state index contributed by atoms with van der Waals surface area (Å²) in [5.41, 5.74) is 8.28. The van der Waals surface area contributed by atoms with Gasteiger partial charge in [0.25, 0.3) is 0 Å². The number of nitrogen functional groups attached to an aromatic ring is 1. The van der Waals surface area contributed by atoms with Gasteiger partial charge in [-0.2, -0.15) is 5.10 Å². The van der Waals surface area contributed by atoms with Crippen molar-refractivity contribution in [2.75, 3.05) is 5.73 Å². The van der Waals surface area contributed by atoms with Gasteiger partial charge in [-0.1, -0.05) is 29.8 Å². The Hall–Kier alpha value is -1.91. The average molecular weight is 308 g/mol. The van der Waals surface area contributed by atoms with Crippen LogP contribution in [0.2, 0.25) is 10.2 Å². The zero-order valence-electron chi connectivity index (χ0n) is 10.6. The van der Waals surface area contributed by atoms with Crippen LogP contribution in [0.15, 0.2) is 40.8 Å². The van der Waals surface area contributed by atoms with Crippen LogP contribution in [0.4, 0.5) is 5.82 Å². The smallest absolute Gasteiger partial charge is 0.194 e. The molecule has 2 aromatic heterocycles. The number of benzene rings is 1. The molecule has 6 heteroatoms. The molecule has 0 amide bonds. The Morgan fingerprint density at radius 3 is 2.55 bits per heavy atom. The maximum absolute atomic E-state index is 6.26. The van der Waals surface area contributed by atoms with Crippen molar-refractivity contribution in [1.29, 1.82) is 0 Å². The predicted octanol–water partition coefficient (Wildman–Crippen LogP) is 4.24. The fourth-order valence-corrected chi connectivity index (χ4v) is 2.46. The molecule has 1 aromatic carbocycles. The lowest BCUT2D eigenvalue weighted by Crippen LogP contribution is -1.98. The predicted molar refractivity (Wildman–Crippen MR) is 80.8 cm³/mol. The molecule has 0 atom stereocenters. The highest BCUT2D eigenvalue weighted by molar-refractivity contribution is 6.33. The molecule has 0 unspecified atom stereocenters. The highest BCUT2D eigenvalue weighted by Crippen LogP contribution is 2.39. The average Bonchev–Trinajstić information content (AvgIpc) is 2.96. The highest BCUT2D eigenvalue weighted by Gasteiger charge is 2.21. The summed E-state index contributed by atoms with van der Waals surface area (Å²) < 4.78 is 7.02. The number of halogens is 2. The lowest BCUT2D eigenvalue weighted by atomic mass is 10.0. The topological polar surface area (TPSA) is 57.0 Å². The molecule has 0 fully saturated rings. The van der Waals surface area contributed by atoms with E-state index in [1.807, 2.05) is 24.3 Å². The number of furan rings is 1. The first-order chi connectivity index (χ1) is 9.58. The van der Waals surface area contributed by atoms with Crippen LogP contribution in [0, 0.1) is 0 Å². The first-order valence-electron chi connectivity index (χ1n) is 5.91. The first-order valence-corrected chi connectivity index (χ1v) is 6.66. The molecule has 0 aliphatic rings. The standard InChI is InChI=1S/C14H11Cl2N3O/c1-19-14(17)12(8-4-2-3-5-9(8)15)13(18-19)10-6-7-11(16)20-10/h2-7H,17H2,1H3. The molecule has 0 bridgehead atoms. The van der Waals surface area contributed by atoms with Crippen LogP contribution < -0.4 is 5.73 Å². The second-order valence-corrected chi connectivity index (χ2v) is 5.10. The maximum Gasteiger partial charge on any atom is 0.194 e. The molecular formula is C14H11Cl2N3O. The van der Waals surface area contributed by atoms with E-state index in [0.29, 0.717) is 27.5 Å². The highest BCUT2D eigenvalue weighted by atomic mass is 35.5. The van der Waals surface area contributed by atoms with E-state index in [9.17, 15) is 0 Å². The Morgan fingerprint density at radius 1 is 1.15 bits per heavy atom. The van der Waals surface area contributed by atoms with E-state index in [1.165, 1.54) is 0 Å². The molecule has 20 heavy (non-hydrogen) atoms. The van der Waals surface area contributed by atoms with Gasteiger partial charge in [0.2, 0.25) is 0 Å². The Morgan fingerprint density at radius 2 is 1.90 bits per heavy atom. The number of aromatic nitrogens is 2. The largest absolute Gasteiger partial charge is 0.443 e. The molecule has 3 aromatic rings. The summed E-state index contributed by atoms with van der Waals surface area (Å²) in [7, 11) is 1.77. The number of hydrogen-bond donors (Lipinski definition) is 1. The molecule has 3 rings (SSSR count). The monoisotopic (exact) mass is 307 g/mol. The van der Waals surface area contributed by atoms with Gasteiger partial charge in [0.15, 0.2) is 11.0 Å². The van der Waals surface area contributed by atoms with Crippen LogP contribution in [-0.4, -0.2) is 9.78 Å². The van der Waals surface area contributed by atoms with E-state index < -0.39 is 0 Å². The number of nitrogens with zero attached hydrogens (tertiary/aromatic N) is 2. The van der Waals surface area contributed by atoms with Gasteiger partial charge in [-0.05, 0) is 29.8 Å². The number of anilines is 1. The van der Waals surface area contributed by atoms with Gasteiger partial charge in [0.05, 0.1) is 5.56 Å². The summed E-state index contributed by atoms with van der Waals surface area (Å²) in [5.74, 6) is 1.07. The number of nitrogens with two attached hydrogens (primary N) is 1. The molecule has 4 nitrogen and oxygen atoms in total. The Balaban J connectivity index is 2.28. The van der Waals surface area contributed by atoms with Gasteiger partial charge >= 0.3 is 0 Å². The van der Waals surface area contributed by atoms with E-state index >= 15 is 0 Å². The molecule has 0 aliphatic heterocycles. The third kappa shape index (κ3) is 2.07. The van der Waals surface area contributed by atoms with Crippen LogP contribution in [-0.2, 0) is 7.05 Å². The normalized spacial score (nSPS) is 10.9. The van der Waals surface area contributed by atoms with E-state index in [4.69, 9.17) is 33.4 Å². The fourth-order valence-electron chi connectivity index (χ4n) is 2.08. The molecule has 2 N–H and O–H groups in total. The van der Waals surface area contributed by atoms with Crippen LogP contribution in [0.1, 0.15) is 0 Å². The zero-order chi connectivity index (χ0) is 14.3. The lowest BCUT2D eigenvalue weighted by molar-refractivity contribution is 0.580. The van der Waals surface area contributed by atoms with Crippen molar-refractivity contribution in [3.05, 3.63) is 46.6 Å². The van der Waals surface area contributed by atoms with Crippen molar-refractivity contribution < 1.29 is 4.42 Å². The van der Waals surface area contributed by atoms with Crippen LogP contribution in [0.25, 0.3) is 22.6 Å². The molecule has 0 aliphatic carbocycles. The Bertz CT molecular complexity index is 777. The summed E-state index contributed by atoms with van der Waals surface area (Å²) in [6.45, 7) is 0. The molecule has 0 radical (unpaired) electrons. The molecule has 0 saturated heterocycles. The van der Waals surface area contributed by atoms with E-state index in [2.05, 4.69) is 5.10 Å².